The van der Waals surface area contributed by atoms with E-state index >= 15 is 0 Å². The summed E-state index contributed by atoms with van der Waals surface area (Å²) in [6, 6.07) is 3.14. The Morgan fingerprint density at radius 1 is 1.41 bits per heavy atom. The first-order valence-corrected chi connectivity index (χ1v) is 8.89. The molecule has 2 rings (SSSR count). The summed E-state index contributed by atoms with van der Waals surface area (Å²) in [5.74, 6) is -1.26. The molecule has 1 saturated heterocycles. The number of piperidine rings is 1. The molecule has 1 aliphatic rings. The number of rotatable bonds is 8. The minimum Gasteiger partial charge on any atom is -0.480 e. The number of nitro benzene ring substituents is 1. The van der Waals surface area contributed by atoms with Gasteiger partial charge in [0.05, 0.1) is 4.92 Å². The van der Waals surface area contributed by atoms with Crippen molar-refractivity contribution in [3.05, 3.63) is 33.9 Å². The number of hydrogen-bond donors (Lipinski definition) is 2. The van der Waals surface area contributed by atoms with Gasteiger partial charge in [-0.25, -0.2) is 4.79 Å². The first kappa shape index (κ1) is 20.6. The maximum Gasteiger partial charge on any atom is 0.326 e. The SMILES string of the molecule is COCCC(NC(=O)c1ccc(N2CCC(C)CC2)c([N+](=O)[O-])c1)C(=O)O. The number of nitrogens with zero attached hydrogens (tertiary/aromatic N) is 2. The van der Waals surface area contributed by atoms with Crippen LogP contribution in [-0.4, -0.2) is 54.8 Å². The van der Waals surface area contributed by atoms with Crippen LogP contribution in [0.25, 0.3) is 0 Å². The van der Waals surface area contributed by atoms with Gasteiger partial charge in [-0.15, -0.1) is 0 Å². The Bertz CT molecular complexity index is 700. The quantitative estimate of drug-likeness (QED) is 0.523. The van der Waals surface area contributed by atoms with Crippen LogP contribution in [0.15, 0.2) is 18.2 Å². The summed E-state index contributed by atoms with van der Waals surface area (Å²) < 4.78 is 4.84. The molecule has 0 aliphatic carbocycles. The van der Waals surface area contributed by atoms with E-state index in [4.69, 9.17) is 4.74 Å². The zero-order valence-electron chi connectivity index (χ0n) is 15.5. The van der Waals surface area contributed by atoms with E-state index in [1.54, 1.807) is 6.07 Å². The Hall–Kier alpha value is -2.68. The van der Waals surface area contributed by atoms with Crippen LogP contribution in [0.1, 0.15) is 36.5 Å². The van der Waals surface area contributed by atoms with Crippen LogP contribution in [0.2, 0.25) is 0 Å². The number of hydrogen-bond acceptors (Lipinski definition) is 6. The molecule has 1 aromatic carbocycles. The number of carbonyl (C=O) groups is 2. The molecule has 1 heterocycles. The van der Waals surface area contributed by atoms with E-state index in [0.717, 1.165) is 25.9 Å². The molecular formula is C18H25N3O6. The number of carboxylic acid groups (broad SMARTS) is 1. The highest BCUT2D eigenvalue weighted by Crippen LogP contribution is 2.32. The van der Waals surface area contributed by atoms with E-state index in [-0.39, 0.29) is 24.3 Å². The predicted octanol–water partition coefficient (Wildman–Crippen LogP) is 2.05. The first-order valence-electron chi connectivity index (χ1n) is 8.89. The summed E-state index contributed by atoms with van der Waals surface area (Å²) in [5.41, 5.74) is 0.387. The molecule has 27 heavy (non-hydrogen) atoms. The van der Waals surface area contributed by atoms with Gasteiger partial charge in [-0.1, -0.05) is 6.92 Å². The van der Waals surface area contributed by atoms with Gasteiger partial charge in [0.15, 0.2) is 0 Å². The van der Waals surface area contributed by atoms with Crippen LogP contribution in [0.5, 0.6) is 0 Å². The van der Waals surface area contributed by atoms with Crippen molar-refractivity contribution in [3.8, 4) is 0 Å². The fourth-order valence-electron chi connectivity index (χ4n) is 3.06. The molecule has 0 bridgehead atoms. The van der Waals surface area contributed by atoms with Crippen molar-refractivity contribution in [2.75, 3.05) is 31.7 Å². The molecule has 9 nitrogen and oxygen atoms in total. The molecule has 1 aromatic rings. The highest BCUT2D eigenvalue weighted by atomic mass is 16.6. The molecule has 0 aromatic heterocycles. The lowest BCUT2D eigenvalue weighted by molar-refractivity contribution is -0.384. The monoisotopic (exact) mass is 379 g/mol. The molecule has 9 heteroatoms. The average molecular weight is 379 g/mol. The van der Waals surface area contributed by atoms with Gasteiger partial charge in [0.1, 0.15) is 11.7 Å². The normalized spacial score (nSPS) is 16.0. The number of ether oxygens (including phenoxy) is 1. The summed E-state index contributed by atoms with van der Waals surface area (Å²) in [5, 5.41) is 23.1. The van der Waals surface area contributed by atoms with Crippen LogP contribution in [0.4, 0.5) is 11.4 Å². The van der Waals surface area contributed by atoms with Crippen LogP contribution in [0, 0.1) is 16.0 Å². The standard InChI is InChI=1S/C18H25N3O6/c1-12-5-8-20(9-6-12)15-4-3-13(11-16(15)21(25)26)17(22)19-14(18(23)24)7-10-27-2/h3-4,11-12,14H,5-10H2,1-2H3,(H,19,22)(H,23,24). The molecule has 2 N–H and O–H groups in total. The summed E-state index contributed by atoms with van der Waals surface area (Å²) in [7, 11) is 1.43. The van der Waals surface area contributed by atoms with Crippen LogP contribution in [-0.2, 0) is 9.53 Å². The number of benzene rings is 1. The molecule has 1 fully saturated rings. The Kier molecular flexibility index (Phi) is 7.12. The molecule has 0 radical (unpaired) electrons. The van der Waals surface area contributed by atoms with Gasteiger partial charge >= 0.3 is 5.97 Å². The van der Waals surface area contributed by atoms with Crippen molar-refractivity contribution >= 4 is 23.3 Å². The Labute approximate surface area is 157 Å². The van der Waals surface area contributed by atoms with Crippen LogP contribution < -0.4 is 10.2 Å². The van der Waals surface area contributed by atoms with Gasteiger partial charge < -0.3 is 20.1 Å². The smallest absolute Gasteiger partial charge is 0.326 e. The van der Waals surface area contributed by atoms with Crippen LogP contribution >= 0.6 is 0 Å². The van der Waals surface area contributed by atoms with E-state index in [1.807, 2.05) is 4.90 Å². The lowest BCUT2D eigenvalue weighted by Crippen LogP contribution is -2.41. The molecule has 0 spiro atoms. The van der Waals surface area contributed by atoms with Crippen molar-refractivity contribution in [1.29, 1.82) is 0 Å². The third-order valence-corrected chi connectivity index (χ3v) is 4.77. The minimum absolute atomic E-state index is 0.0551. The predicted molar refractivity (Wildman–Crippen MR) is 99.1 cm³/mol. The number of carboxylic acids is 1. The number of carbonyl (C=O) groups excluding carboxylic acids is 1. The highest BCUT2D eigenvalue weighted by molar-refractivity contribution is 5.97. The lowest BCUT2D eigenvalue weighted by atomic mass is 9.98. The van der Waals surface area contributed by atoms with Crippen LogP contribution in [0.3, 0.4) is 0 Å². The molecule has 1 unspecified atom stereocenters. The number of nitrogens with one attached hydrogen (secondary N) is 1. The van der Waals surface area contributed by atoms with E-state index in [0.29, 0.717) is 11.6 Å². The number of nitro groups is 1. The van der Waals surface area contributed by atoms with Gasteiger partial charge in [0, 0.05) is 44.9 Å². The number of anilines is 1. The largest absolute Gasteiger partial charge is 0.480 e. The molecular weight excluding hydrogens is 354 g/mol. The number of aliphatic carboxylic acids is 1. The number of amides is 1. The Morgan fingerprint density at radius 3 is 2.63 bits per heavy atom. The molecule has 1 aliphatic heterocycles. The average Bonchev–Trinajstić information content (AvgIpc) is 2.64. The van der Waals surface area contributed by atoms with Gasteiger partial charge in [-0.3, -0.25) is 14.9 Å². The Morgan fingerprint density at radius 2 is 2.07 bits per heavy atom. The fraction of sp³-hybridized carbons (Fsp3) is 0.556. The van der Waals surface area contributed by atoms with Gasteiger partial charge in [0.25, 0.3) is 11.6 Å². The van der Waals surface area contributed by atoms with Gasteiger partial charge in [-0.05, 0) is 30.9 Å². The van der Waals surface area contributed by atoms with E-state index in [2.05, 4.69) is 12.2 Å². The third kappa shape index (κ3) is 5.40. The zero-order valence-corrected chi connectivity index (χ0v) is 15.5. The maximum atomic E-state index is 12.4. The van der Waals surface area contributed by atoms with Gasteiger partial charge in [0.2, 0.25) is 0 Å². The summed E-state index contributed by atoms with van der Waals surface area (Å²) in [6.45, 7) is 3.78. The molecule has 1 amide bonds. The molecule has 1 atom stereocenters. The molecule has 0 saturated carbocycles. The lowest BCUT2D eigenvalue weighted by Gasteiger charge is -2.31. The third-order valence-electron chi connectivity index (χ3n) is 4.77. The van der Waals surface area contributed by atoms with E-state index in [1.165, 1.54) is 19.2 Å². The van der Waals surface area contributed by atoms with Gasteiger partial charge in [-0.2, -0.15) is 0 Å². The zero-order chi connectivity index (χ0) is 20.0. The van der Waals surface area contributed by atoms with E-state index < -0.39 is 22.8 Å². The topological polar surface area (TPSA) is 122 Å². The van der Waals surface area contributed by atoms with Crippen molar-refractivity contribution < 1.29 is 24.4 Å². The second-order valence-corrected chi connectivity index (χ2v) is 6.78. The Balaban J connectivity index is 2.20. The summed E-state index contributed by atoms with van der Waals surface area (Å²) in [4.78, 5) is 36.6. The van der Waals surface area contributed by atoms with Crippen molar-refractivity contribution in [3.63, 3.8) is 0 Å². The second kappa shape index (κ2) is 9.31. The summed E-state index contributed by atoms with van der Waals surface area (Å²) in [6.07, 6.45) is 2.02. The first-order chi connectivity index (χ1) is 12.8. The van der Waals surface area contributed by atoms with Crippen molar-refractivity contribution in [2.45, 2.75) is 32.2 Å². The summed E-state index contributed by atoms with van der Waals surface area (Å²) >= 11 is 0. The highest BCUT2D eigenvalue weighted by Gasteiger charge is 2.26. The number of methoxy groups -OCH3 is 1. The van der Waals surface area contributed by atoms with Crippen molar-refractivity contribution in [2.24, 2.45) is 5.92 Å². The maximum absolute atomic E-state index is 12.4. The van der Waals surface area contributed by atoms with Crippen molar-refractivity contribution in [1.82, 2.24) is 5.32 Å². The van der Waals surface area contributed by atoms with E-state index in [9.17, 15) is 24.8 Å². The molecule has 148 valence electrons. The fourth-order valence-corrected chi connectivity index (χ4v) is 3.06. The minimum atomic E-state index is -1.19. The second-order valence-electron chi connectivity index (χ2n) is 6.78.